The molecule has 2 aromatic rings. The molecule has 1 N–H and O–H groups in total. The van der Waals surface area contributed by atoms with Crippen LogP contribution in [0.25, 0.3) is 11.3 Å². The van der Waals surface area contributed by atoms with Crippen molar-refractivity contribution in [1.29, 1.82) is 0 Å². The molecule has 96 valence electrons. The molecule has 0 atom stereocenters. The Balaban J connectivity index is 2.29. The van der Waals surface area contributed by atoms with Crippen molar-refractivity contribution in [2.45, 2.75) is 40.2 Å². The Morgan fingerprint density at radius 3 is 2.44 bits per heavy atom. The molecule has 1 aromatic carbocycles. The van der Waals surface area contributed by atoms with Crippen molar-refractivity contribution in [3.63, 3.8) is 0 Å². The lowest BCUT2D eigenvalue weighted by Crippen LogP contribution is -2.08. The summed E-state index contributed by atoms with van der Waals surface area (Å²) < 4.78 is 0. The van der Waals surface area contributed by atoms with E-state index in [1.807, 2.05) is 0 Å². The SMILES string of the molecule is CCc1ccc(-c2nc(NC(C)C)sc2C)cc1. The van der Waals surface area contributed by atoms with E-state index in [1.54, 1.807) is 11.3 Å². The van der Waals surface area contributed by atoms with Crippen molar-refractivity contribution >= 4 is 16.5 Å². The average molecular weight is 260 g/mol. The lowest BCUT2D eigenvalue weighted by molar-refractivity contribution is 0.897. The van der Waals surface area contributed by atoms with E-state index in [4.69, 9.17) is 0 Å². The fraction of sp³-hybridized carbons (Fsp3) is 0.400. The largest absolute Gasteiger partial charge is 0.359 e. The van der Waals surface area contributed by atoms with Crippen molar-refractivity contribution < 1.29 is 0 Å². The molecule has 0 amide bonds. The van der Waals surface area contributed by atoms with Gasteiger partial charge >= 0.3 is 0 Å². The number of benzene rings is 1. The molecule has 0 aliphatic rings. The van der Waals surface area contributed by atoms with E-state index in [9.17, 15) is 0 Å². The smallest absolute Gasteiger partial charge is 0.183 e. The van der Waals surface area contributed by atoms with Crippen LogP contribution in [0.4, 0.5) is 5.13 Å². The van der Waals surface area contributed by atoms with Gasteiger partial charge in [-0.25, -0.2) is 4.98 Å². The number of rotatable bonds is 4. The predicted molar refractivity (Wildman–Crippen MR) is 80.4 cm³/mol. The second-order valence-corrected chi connectivity index (χ2v) is 5.98. The minimum Gasteiger partial charge on any atom is -0.359 e. The van der Waals surface area contributed by atoms with E-state index in [0.717, 1.165) is 17.2 Å². The van der Waals surface area contributed by atoms with Gasteiger partial charge in [-0.1, -0.05) is 31.2 Å². The van der Waals surface area contributed by atoms with Crippen molar-refractivity contribution in [2.75, 3.05) is 5.32 Å². The summed E-state index contributed by atoms with van der Waals surface area (Å²) in [4.78, 5) is 5.95. The highest BCUT2D eigenvalue weighted by atomic mass is 32.1. The molecule has 0 saturated carbocycles. The van der Waals surface area contributed by atoms with Crippen LogP contribution in [0.15, 0.2) is 24.3 Å². The quantitative estimate of drug-likeness (QED) is 0.875. The summed E-state index contributed by atoms with van der Waals surface area (Å²) in [6.07, 6.45) is 1.08. The van der Waals surface area contributed by atoms with E-state index >= 15 is 0 Å². The van der Waals surface area contributed by atoms with Crippen molar-refractivity contribution in [2.24, 2.45) is 0 Å². The Labute approximate surface area is 113 Å². The maximum absolute atomic E-state index is 4.68. The Morgan fingerprint density at radius 2 is 1.89 bits per heavy atom. The highest BCUT2D eigenvalue weighted by Gasteiger charge is 2.10. The van der Waals surface area contributed by atoms with Gasteiger partial charge in [-0.05, 0) is 32.8 Å². The first-order valence-electron chi connectivity index (χ1n) is 6.43. The van der Waals surface area contributed by atoms with Crippen LogP contribution in [-0.4, -0.2) is 11.0 Å². The van der Waals surface area contributed by atoms with Crippen LogP contribution < -0.4 is 5.32 Å². The van der Waals surface area contributed by atoms with Gasteiger partial charge in [0.15, 0.2) is 5.13 Å². The minimum atomic E-state index is 0.422. The van der Waals surface area contributed by atoms with E-state index in [2.05, 4.69) is 62.3 Å². The lowest BCUT2D eigenvalue weighted by atomic mass is 10.1. The fourth-order valence-corrected chi connectivity index (χ4v) is 2.85. The number of thiazole rings is 1. The highest BCUT2D eigenvalue weighted by molar-refractivity contribution is 7.16. The molecule has 2 rings (SSSR count). The molecule has 0 unspecified atom stereocenters. The maximum Gasteiger partial charge on any atom is 0.183 e. The molecule has 18 heavy (non-hydrogen) atoms. The third-order valence-electron chi connectivity index (χ3n) is 2.84. The van der Waals surface area contributed by atoms with Crippen LogP contribution >= 0.6 is 11.3 Å². The second kappa shape index (κ2) is 5.53. The zero-order chi connectivity index (χ0) is 13.1. The number of aromatic nitrogens is 1. The third-order valence-corrected chi connectivity index (χ3v) is 3.75. The second-order valence-electron chi connectivity index (χ2n) is 4.77. The average Bonchev–Trinajstić information content (AvgIpc) is 2.69. The monoisotopic (exact) mass is 260 g/mol. The number of anilines is 1. The zero-order valence-corrected chi connectivity index (χ0v) is 12.3. The number of aryl methyl sites for hydroxylation is 2. The summed E-state index contributed by atoms with van der Waals surface area (Å²) >= 11 is 1.73. The molecule has 2 nitrogen and oxygen atoms in total. The summed E-state index contributed by atoms with van der Waals surface area (Å²) in [6.45, 7) is 8.57. The Bertz CT molecular complexity index is 512. The molecule has 0 spiro atoms. The van der Waals surface area contributed by atoms with Gasteiger partial charge in [0.1, 0.15) is 0 Å². The van der Waals surface area contributed by atoms with Crippen molar-refractivity contribution in [3.8, 4) is 11.3 Å². The van der Waals surface area contributed by atoms with Gasteiger partial charge in [-0.2, -0.15) is 0 Å². The number of nitrogens with one attached hydrogen (secondary N) is 1. The molecule has 1 heterocycles. The predicted octanol–water partition coefficient (Wildman–Crippen LogP) is 4.50. The van der Waals surface area contributed by atoms with Crippen LogP contribution in [0.5, 0.6) is 0 Å². The molecule has 1 aromatic heterocycles. The Hall–Kier alpha value is -1.35. The number of hydrogen-bond acceptors (Lipinski definition) is 3. The summed E-state index contributed by atoms with van der Waals surface area (Å²) in [5, 5.41) is 4.38. The fourth-order valence-electron chi connectivity index (χ4n) is 1.87. The first-order chi connectivity index (χ1) is 8.60. The first kappa shape index (κ1) is 13.1. The van der Waals surface area contributed by atoms with Crippen molar-refractivity contribution in [1.82, 2.24) is 4.98 Å². The van der Waals surface area contributed by atoms with Gasteiger partial charge in [-0.15, -0.1) is 11.3 Å². The summed E-state index contributed by atoms with van der Waals surface area (Å²) in [5.41, 5.74) is 3.68. The molecule has 0 saturated heterocycles. The molecule has 0 fully saturated rings. The van der Waals surface area contributed by atoms with Gasteiger partial charge in [0.05, 0.1) is 5.69 Å². The van der Waals surface area contributed by atoms with Gasteiger partial charge in [0, 0.05) is 16.5 Å². The summed E-state index contributed by atoms with van der Waals surface area (Å²) in [6, 6.07) is 9.12. The van der Waals surface area contributed by atoms with Crippen LogP contribution in [0.1, 0.15) is 31.2 Å². The normalized spacial score (nSPS) is 10.9. The molecular formula is C15H20N2S. The lowest BCUT2D eigenvalue weighted by Gasteiger charge is -2.04. The van der Waals surface area contributed by atoms with E-state index in [1.165, 1.54) is 16.0 Å². The van der Waals surface area contributed by atoms with Crippen molar-refractivity contribution in [3.05, 3.63) is 34.7 Å². The minimum absolute atomic E-state index is 0.422. The van der Waals surface area contributed by atoms with Gasteiger partial charge in [0.25, 0.3) is 0 Å². The third kappa shape index (κ3) is 2.91. The van der Waals surface area contributed by atoms with Crippen LogP contribution in [0.2, 0.25) is 0 Å². The molecular weight excluding hydrogens is 240 g/mol. The zero-order valence-electron chi connectivity index (χ0n) is 11.4. The Morgan fingerprint density at radius 1 is 1.22 bits per heavy atom. The standard InChI is InChI=1S/C15H20N2S/c1-5-12-6-8-13(9-7-12)14-11(4)18-15(17-14)16-10(2)3/h6-10H,5H2,1-4H3,(H,16,17). The first-order valence-corrected chi connectivity index (χ1v) is 7.25. The number of hydrogen-bond donors (Lipinski definition) is 1. The highest BCUT2D eigenvalue weighted by Crippen LogP contribution is 2.30. The van der Waals surface area contributed by atoms with E-state index < -0.39 is 0 Å². The maximum atomic E-state index is 4.68. The number of nitrogens with zero attached hydrogens (tertiary/aromatic N) is 1. The molecule has 0 bridgehead atoms. The molecule has 0 radical (unpaired) electrons. The Kier molecular flexibility index (Phi) is 4.02. The molecule has 0 aliphatic heterocycles. The topological polar surface area (TPSA) is 24.9 Å². The van der Waals surface area contributed by atoms with Crippen LogP contribution in [0, 0.1) is 6.92 Å². The van der Waals surface area contributed by atoms with Gasteiger partial charge in [-0.3, -0.25) is 0 Å². The van der Waals surface area contributed by atoms with Gasteiger partial charge in [0.2, 0.25) is 0 Å². The van der Waals surface area contributed by atoms with E-state index in [0.29, 0.717) is 6.04 Å². The molecule has 0 aliphatic carbocycles. The summed E-state index contributed by atoms with van der Waals surface area (Å²) in [7, 11) is 0. The van der Waals surface area contributed by atoms with Gasteiger partial charge < -0.3 is 5.32 Å². The van der Waals surface area contributed by atoms with Crippen LogP contribution in [-0.2, 0) is 6.42 Å². The van der Waals surface area contributed by atoms with E-state index in [-0.39, 0.29) is 0 Å². The summed E-state index contributed by atoms with van der Waals surface area (Å²) in [5.74, 6) is 0. The van der Waals surface area contributed by atoms with Crippen LogP contribution in [0.3, 0.4) is 0 Å². The molecule has 3 heteroatoms.